The Balaban J connectivity index is 1.11. The fraction of sp³-hybridized carbons (Fsp3) is 0.271. The number of hydrogen-bond acceptors (Lipinski definition) is 4. The van der Waals surface area contributed by atoms with Gasteiger partial charge in [-0.25, -0.2) is 4.98 Å². The molecule has 0 radical (unpaired) electrons. The second-order valence-electron chi connectivity index (χ2n) is 21.1. The van der Waals surface area contributed by atoms with Crippen molar-refractivity contribution in [2.75, 3.05) is 16.5 Å². The van der Waals surface area contributed by atoms with E-state index in [4.69, 9.17) is 9.72 Å². The van der Waals surface area contributed by atoms with E-state index in [1.165, 1.54) is 55.5 Å². The number of para-hydroxylation sites is 1. The molecule has 9 rings (SSSR count). The van der Waals surface area contributed by atoms with Gasteiger partial charge in [-0.3, -0.25) is 4.57 Å². The number of rotatable bonds is 8. The Morgan fingerprint density at radius 3 is 1.91 bits per heavy atom. The van der Waals surface area contributed by atoms with Gasteiger partial charge in [-0.15, -0.1) is 0 Å². The maximum Gasteiger partial charge on any atom is 0.137 e. The van der Waals surface area contributed by atoms with Crippen LogP contribution in [0.15, 0.2) is 170 Å². The molecule has 0 atom stereocenters. The predicted molar refractivity (Wildman–Crippen MR) is 270 cm³/mol. The maximum atomic E-state index is 6.96. The number of benzene rings is 6. The second-order valence-corrected chi connectivity index (χ2v) is 21.1. The molecule has 0 saturated carbocycles. The maximum absolute atomic E-state index is 6.96. The topological polar surface area (TPSA) is 33.5 Å². The van der Waals surface area contributed by atoms with Crippen molar-refractivity contribution in [2.45, 2.75) is 92.4 Å². The molecular weight excluding hydrogens is 781 g/mol. The number of fused-ring (bicyclic) bond motifs is 3. The molecule has 0 fully saturated rings. The Labute approximate surface area is 380 Å². The lowest BCUT2D eigenvalue weighted by atomic mass is 9.77. The van der Waals surface area contributed by atoms with E-state index < -0.39 is 0 Å². The monoisotopic (exact) mass is 842 g/mol. The SMILES string of the molecule is CC(C)(C)C1=CN(c2cccc(Oc3cc(C(C)(C)C)c4c5ccccc5n(-c5cc(C(C)(C)C)ccn5)c4c3)c2)CN1c1cc(-c2ccccc2)cc(C(C)(C)c2ccccc2)c1. The Hall–Kier alpha value is -6.59. The van der Waals surface area contributed by atoms with E-state index >= 15 is 0 Å². The van der Waals surface area contributed by atoms with E-state index in [1.807, 2.05) is 6.20 Å². The highest BCUT2D eigenvalue weighted by atomic mass is 16.5. The zero-order chi connectivity index (χ0) is 45.2. The number of anilines is 2. The summed E-state index contributed by atoms with van der Waals surface area (Å²) in [4.78, 5) is 9.82. The van der Waals surface area contributed by atoms with Crippen molar-refractivity contribution in [3.8, 4) is 28.4 Å². The third-order valence-corrected chi connectivity index (χ3v) is 13.0. The van der Waals surface area contributed by atoms with Crippen molar-refractivity contribution in [3.63, 3.8) is 0 Å². The Morgan fingerprint density at radius 1 is 0.500 bits per heavy atom. The molecule has 5 nitrogen and oxygen atoms in total. The predicted octanol–water partition coefficient (Wildman–Crippen LogP) is 15.7. The molecule has 6 aromatic carbocycles. The van der Waals surface area contributed by atoms with Crippen LogP contribution >= 0.6 is 0 Å². The lowest BCUT2D eigenvalue weighted by Crippen LogP contribution is -2.31. The molecule has 0 saturated heterocycles. The molecule has 0 unspecified atom stereocenters. The summed E-state index contributed by atoms with van der Waals surface area (Å²) < 4.78 is 9.27. The molecule has 64 heavy (non-hydrogen) atoms. The standard InChI is InChI=1S/C59H62N4O/c1-56(2,3)43-29-30-60-54(34-43)63-51-28-19-18-27-49(51)55-50(57(4,5)6)36-48(37-52(55)63)64-47-26-20-25-45(35-47)61-38-53(58(7,8)9)62(39-61)46-32-41(40-21-14-12-15-22-40)31-44(33-46)59(10,11)42-23-16-13-17-24-42/h12-38H,39H2,1-11H3. The quantitative estimate of drug-likeness (QED) is 0.153. The highest BCUT2D eigenvalue weighted by Gasteiger charge is 2.33. The first-order chi connectivity index (χ1) is 30.4. The highest BCUT2D eigenvalue weighted by Crippen LogP contribution is 2.45. The van der Waals surface area contributed by atoms with Gasteiger partial charge < -0.3 is 14.5 Å². The number of aromatic nitrogens is 2. The number of nitrogens with zero attached hydrogens (tertiary/aromatic N) is 4. The molecule has 0 spiro atoms. The average Bonchev–Trinajstić information content (AvgIpc) is 3.87. The van der Waals surface area contributed by atoms with Crippen molar-refractivity contribution in [1.29, 1.82) is 0 Å². The Kier molecular flexibility index (Phi) is 10.6. The van der Waals surface area contributed by atoms with E-state index in [-0.39, 0.29) is 21.7 Å². The molecule has 1 aliphatic rings. The van der Waals surface area contributed by atoms with Crippen LogP contribution in [0.1, 0.15) is 98.4 Å². The lowest BCUT2D eigenvalue weighted by Gasteiger charge is -2.33. The summed E-state index contributed by atoms with van der Waals surface area (Å²) >= 11 is 0. The first kappa shape index (κ1) is 42.7. The summed E-state index contributed by atoms with van der Waals surface area (Å²) in [6.07, 6.45) is 4.27. The minimum absolute atomic E-state index is 0.0179. The summed E-state index contributed by atoms with van der Waals surface area (Å²) in [6.45, 7) is 25.9. The minimum atomic E-state index is -0.214. The first-order valence-corrected chi connectivity index (χ1v) is 22.7. The van der Waals surface area contributed by atoms with Crippen LogP contribution in [-0.2, 0) is 16.2 Å². The van der Waals surface area contributed by atoms with E-state index in [0.29, 0.717) is 6.67 Å². The second kappa shape index (κ2) is 15.9. The van der Waals surface area contributed by atoms with Gasteiger partial charge in [0.25, 0.3) is 0 Å². The van der Waals surface area contributed by atoms with E-state index in [1.54, 1.807) is 0 Å². The van der Waals surface area contributed by atoms with Gasteiger partial charge in [-0.2, -0.15) is 0 Å². The van der Waals surface area contributed by atoms with Crippen molar-refractivity contribution >= 4 is 33.2 Å². The molecule has 0 bridgehead atoms. The van der Waals surface area contributed by atoms with E-state index in [0.717, 1.165) is 34.0 Å². The fourth-order valence-corrected chi connectivity index (χ4v) is 9.25. The van der Waals surface area contributed by atoms with Crippen LogP contribution in [0.5, 0.6) is 11.5 Å². The number of ether oxygens (including phenoxy) is 1. The molecule has 1 aliphatic heterocycles. The van der Waals surface area contributed by atoms with Gasteiger partial charge in [-0.05, 0) is 92.7 Å². The van der Waals surface area contributed by atoms with E-state index in [2.05, 4.69) is 248 Å². The van der Waals surface area contributed by atoms with Crippen LogP contribution in [0.25, 0.3) is 38.8 Å². The van der Waals surface area contributed by atoms with Gasteiger partial charge in [0.1, 0.15) is 17.3 Å². The fourth-order valence-electron chi connectivity index (χ4n) is 9.25. The largest absolute Gasteiger partial charge is 0.457 e. The summed E-state index contributed by atoms with van der Waals surface area (Å²) in [7, 11) is 0. The average molecular weight is 843 g/mol. The first-order valence-electron chi connectivity index (χ1n) is 22.7. The highest BCUT2D eigenvalue weighted by molar-refractivity contribution is 6.11. The van der Waals surface area contributed by atoms with Gasteiger partial charge in [0.2, 0.25) is 0 Å². The molecule has 2 aromatic heterocycles. The van der Waals surface area contributed by atoms with Gasteiger partial charge in [0.15, 0.2) is 0 Å². The van der Waals surface area contributed by atoms with Crippen LogP contribution < -0.4 is 14.5 Å². The van der Waals surface area contributed by atoms with E-state index in [9.17, 15) is 0 Å². The summed E-state index contributed by atoms with van der Waals surface area (Å²) in [5.74, 6) is 2.49. The summed E-state index contributed by atoms with van der Waals surface area (Å²) in [5.41, 5.74) is 12.7. The van der Waals surface area contributed by atoms with Gasteiger partial charge in [0, 0.05) is 63.2 Å². The lowest BCUT2D eigenvalue weighted by molar-refractivity contribution is 0.480. The van der Waals surface area contributed by atoms with Gasteiger partial charge >= 0.3 is 0 Å². The van der Waals surface area contributed by atoms with Crippen molar-refractivity contribution in [1.82, 2.24) is 9.55 Å². The molecule has 8 aromatic rings. The Morgan fingerprint density at radius 2 is 1.20 bits per heavy atom. The van der Waals surface area contributed by atoms with Gasteiger partial charge in [0.05, 0.1) is 17.7 Å². The van der Waals surface area contributed by atoms with Crippen molar-refractivity contribution in [3.05, 3.63) is 192 Å². The zero-order valence-corrected chi connectivity index (χ0v) is 39.5. The summed E-state index contributed by atoms with van der Waals surface area (Å²) in [6, 6.07) is 54.8. The van der Waals surface area contributed by atoms with Gasteiger partial charge in [-0.1, -0.05) is 167 Å². The number of pyridine rings is 1. The number of hydrogen-bond donors (Lipinski definition) is 0. The molecule has 5 heteroatoms. The summed E-state index contributed by atoms with van der Waals surface area (Å²) in [5, 5.41) is 2.44. The normalized spacial score (nSPS) is 13.8. The molecule has 324 valence electrons. The molecule has 3 heterocycles. The van der Waals surface area contributed by atoms with Crippen LogP contribution in [0.2, 0.25) is 0 Å². The third-order valence-electron chi connectivity index (χ3n) is 13.0. The zero-order valence-electron chi connectivity index (χ0n) is 39.5. The van der Waals surface area contributed by atoms with Crippen molar-refractivity contribution in [2.24, 2.45) is 5.41 Å². The number of allylic oxidation sites excluding steroid dienone is 1. The molecular formula is C59H62N4O. The smallest absolute Gasteiger partial charge is 0.137 e. The molecule has 0 aliphatic carbocycles. The molecule has 0 amide bonds. The van der Waals surface area contributed by atoms with Crippen LogP contribution in [-0.4, -0.2) is 16.2 Å². The third kappa shape index (κ3) is 8.09. The van der Waals surface area contributed by atoms with Crippen LogP contribution in [0.3, 0.4) is 0 Å². The Bertz CT molecular complexity index is 3030. The molecule has 0 N–H and O–H groups in total. The van der Waals surface area contributed by atoms with Crippen LogP contribution in [0, 0.1) is 5.41 Å². The van der Waals surface area contributed by atoms with Crippen molar-refractivity contribution < 1.29 is 4.74 Å². The minimum Gasteiger partial charge on any atom is -0.457 e. The van der Waals surface area contributed by atoms with Crippen LogP contribution in [0.4, 0.5) is 11.4 Å².